The van der Waals surface area contributed by atoms with Crippen LogP contribution in [0.5, 0.6) is 5.75 Å². The van der Waals surface area contributed by atoms with Gasteiger partial charge in [0.25, 0.3) is 0 Å². The lowest BCUT2D eigenvalue weighted by molar-refractivity contribution is 0.418. The van der Waals surface area contributed by atoms with E-state index >= 15 is 0 Å². The van der Waals surface area contributed by atoms with E-state index in [9.17, 15) is 0 Å². The third kappa shape index (κ3) is 1.87. The zero-order valence-electron chi connectivity index (χ0n) is 11.5. The molecule has 0 radical (unpaired) electrons. The average Bonchev–Trinajstić information content (AvgIpc) is 3.04. The second-order valence-electron chi connectivity index (χ2n) is 5.02. The van der Waals surface area contributed by atoms with Crippen LogP contribution in [0.25, 0.3) is 11.0 Å². The van der Waals surface area contributed by atoms with Crippen LogP contribution in [0.15, 0.2) is 29.8 Å². The lowest BCUT2D eigenvalue weighted by Gasteiger charge is -2.25. The number of aromatic amines is 1. The van der Waals surface area contributed by atoms with Gasteiger partial charge in [-0.15, -0.1) is 11.3 Å². The molecule has 3 rings (SSSR count). The Bertz CT molecular complexity index is 800. The Labute approximate surface area is 126 Å². The first kappa shape index (κ1) is 13.3. The third-order valence-electron chi connectivity index (χ3n) is 3.41. The SMILES string of the molecule is COc1cccc2c1[nH]c(=S)n2C(C)(C)c1nccs1. The van der Waals surface area contributed by atoms with E-state index < -0.39 is 0 Å². The van der Waals surface area contributed by atoms with Crippen molar-refractivity contribution in [2.45, 2.75) is 19.4 Å². The van der Waals surface area contributed by atoms with Gasteiger partial charge in [0.1, 0.15) is 16.3 Å². The molecule has 0 aliphatic heterocycles. The molecule has 0 aliphatic rings. The number of methoxy groups -OCH3 is 1. The molecule has 2 heterocycles. The van der Waals surface area contributed by atoms with E-state index in [0.717, 1.165) is 21.8 Å². The molecule has 0 atom stereocenters. The van der Waals surface area contributed by atoms with Crippen molar-refractivity contribution in [3.05, 3.63) is 39.6 Å². The van der Waals surface area contributed by atoms with Crippen molar-refractivity contribution in [3.63, 3.8) is 0 Å². The fourth-order valence-electron chi connectivity index (χ4n) is 2.45. The van der Waals surface area contributed by atoms with Gasteiger partial charge in [-0.25, -0.2) is 4.98 Å². The van der Waals surface area contributed by atoms with Crippen molar-refractivity contribution in [2.75, 3.05) is 7.11 Å². The number of benzene rings is 1. The van der Waals surface area contributed by atoms with Crippen LogP contribution in [0, 0.1) is 4.77 Å². The number of ether oxygens (including phenoxy) is 1. The van der Waals surface area contributed by atoms with Crippen LogP contribution in [0.4, 0.5) is 0 Å². The van der Waals surface area contributed by atoms with Gasteiger partial charge in [0, 0.05) is 11.6 Å². The predicted octanol–water partition coefficient (Wildman–Crippen LogP) is 3.95. The standard InChI is InChI=1S/C14H15N3OS2/c1-14(2,12-15-7-8-20-12)17-9-5-4-6-10(18-3)11(9)16-13(17)19/h4-8H,1-3H3,(H,16,19). The molecule has 20 heavy (non-hydrogen) atoms. The number of hydrogen-bond donors (Lipinski definition) is 1. The summed E-state index contributed by atoms with van der Waals surface area (Å²) >= 11 is 7.14. The highest BCUT2D eigenvalue weighted by Crippen LogP contribution is 2.33. The fourth-order valence-corrected chi connectivity index (χ4v) is 3.63. The highest BCUT2D eigenvalue weighted by Gasteiger charge is 2.28. The smallest absolute Gasteiger partial charge is 0.179 e. The summed E-state index contributed by atoms with van der Waals surface area (Å²) in [6.07, 6.45) is 1.82. The van der Waals surface area contributed by atoms with E-state index in [0.29, 0.717) is 4.77 Å². The van der Waals surface area contributed by atoms with Crippen molar-refractivity contribution in [1.82, 2.24) is 14.5 Å². The summed E-state index contributed by atoms with van der Waals surface area (Å²) in [5.74, 6) is 0.794. The van der Waals surface area contributed by atoms with Gasteiger partial charge >= 0.3 is 0 Å². The number of rotatable bonds is 3. The number of fused-ring (bicyclic) bond motifs is 1. The Kier molecular flexibility index (Phi) is 3.14. The van der Waals surface area contributed by atoms with Gasteiger partial charge in [-0.3, -0.25) is 0 Å². The summed E-state index contributed by atoms with van der Waals surface area (Å²) in [6.45, 7) is 4.24. The molecule has 104 valence electrons. The van der Waals surface area contributed by atoms with E-state index in [-0.39, 0.29) is 5.54 Å². The summed E-state index contributed by atoms with van der Waals surface area (Å²) < 4.78 is 8.16. The van der Waals surface area contributed by atoms with Gasteiger partial charge in [-0.05, 0) is 38.2 Å². The summed E-state index contributed by atoms with van der Waals surface area (Å²) in [5, 5.41) is 3.01. The maximum absolute atomic E-state index is 5.51. The van der Waals surface area contributed by atoms with Crippen LogP contribution in [0.1, 0.15) is 18.9 Å². The predicted molar refractivity (Wildman–Crippen MR) is 84.2 cm³/mol. The van der Waals surface area contributed by atoms with Crippen LogP contribution < -0.4 is 4.74 Å². The topological polar surface area (TPSA) is 42.8 Å². The molecule has 0 aliphatic carbocycles. The van der Waals surface area contributed by atoms with Gasteiger partial charge < -0.3 is 14.3 Å². The first-order chi connectivity index (χ1) is 9.55. The maximum Gasteiger partial charge on any atom is 0.179 e. The molecule has 0 saturated carbocycles. The number of nitrogens with one attached hydrogen (secondary N) is 1. The quantitative estimate of drug-likeness (QED) is 0.745. The van der Waals surface area contributed by atoms with Crippen LogP contribution >= 0.6 is 23.6 Å². The van der Waals surface area contributed by atoms with Crippen molar-refractivity contribution >= 4 is 34.6 Å². The van der Waals surface area contributed by atoms with Crippen molar-refractivity contribution in [2.24, 2.45) is 0 Å². The second-order valence-corrected chi connectivity index (χ2v) is 6.30. The van der Waals surface area contributed by atoms with E-state index in [1.807, 2.05) is 29.8 Å². The van der Waals surface area contributed by atoms with Gasteiger partial charge in [0.05, 0.1) is 18.2 Å². The number of aromatic nitrogens is 3. The van der Waals surface area contributed by atoms with Crippen LogP contribution in [0.3, 0.4) is 0 Å². The zero-order chi connectivity index (χ0) is 14.3. The van der Waals surface area contributed by atoms with E-state index in [2.05, 4.69) is 28.4 Å². The Balaban J connectivity index is 2.32. The number of H-pyrrole nitrogens is 1. The Morgan fingerprint density at radius 1 is 1.40 bits per heavy atom. The molecule has 0 amide bonds. The lowest BCUT2D eigenvalue weighted by atomic mass is 10.1. The molecule has 3 aromatic rings. The fraction of sp³-hybridized carbons (Fsp3) is 0.286. The molecular formula is C14H15N3OS2. The van der Waals surface area contributed by atoms with E-state index in [1.54, 1.807) is 18.4 Å². The Morgan fingerprint density at radius 2 is 2.20 bits per heavy atom. The summed E-state index contributed by atoms with van der Waals surface area (Å²) in [5.41, 5.74) is 1.63. The van der Waals surface area contributed by atoms with Gasteiger partial charge in [-0.1, -0.05) is 6.07 Å². The first-order valence-corrected chi connectivity index (χ1v) is 7.52. The average molecular weight is 305 g/mol. The highest BCUT2D eigenvalue weighted by atomic mass is 32.1. The third-order valence-corrected chi connectivity index (χ3v) is 4.79. The maximum atomic E-state index is 5.51. The molecule has 0 bridgehead atoms. The summed E-state index contributed by atoms with van der Waals surface area (Å²) in [7, 11) is 1.66. The molecule has 0 fully saturated rings. The normalized spacial score (nSPS) is 11.9. The number of thiazole rings is 1. The van der Waals surface area contributed by atoms with Gasteiger partial charge in [0.15, 0.2) is 4.77 Å². The number of para-hydroxylation sites is 1. The van der Waals surface area contributed by atoms with E-state index in [4.69, 9.17) is 17.0 Å². The minimum absolute atomic E-state index is 0.310. The highest BCUT2D eigenvalue weighted by molar-refractivity contribution is 7.71. The Morgan fingerprint density at radius 3 is 2.85 bits per heavy atom. The largest absolute Gasteiger partial charge is 0.494 e. The Hall–Kier alpha value is -1.66. The molecule has 4 nitrogen and oxygen atoms in total. The monoisotopic (exact) mass is 305 g/mol. The number of hydrogen-bond acceptors (Lipinski definition) is 4. The van der Waals surface area contributed by atoms with Crippen LogP contribution in [-0.2, 0) is 5.54 Å². The van der Waals surface area contributed by atoms with Gasteiger partial charge in [-0.2, -0.15) is 0 Å². The second kappa shape index (κ2) is 4.71. The molecule has 0 spiro atoms. The minimum Gasteiger partial charge on any atom is -0.494 e. The van der Waals surface area contributed by atoms with Crippen LogP contribution in [0.2, 0.25) is 0 Å². The number of imidazole rings is 1. The van der Waals surface area contributed by atoms with Crippen molar-refractivity contribution in [3.8, 4) is 5.75 Å². The molecule has 1 aromatic carbocycles. The molecule has 6 heteroatoms. The molecular weight excluding hydrogens is 290 g/mol. The summed E-state index contributed by atoms with van der Waals surface area (Å²) in [6, 6.07) is 5.94. The lowest BCUT2D eigenvalue weighted by Crippen LogP contribution is -2.27. The molecule has 1 N–H and O–H groups in total. The van der Waals surface area contributed by atoms with E-state index in [1.165, 1.54) is 0 Å². The first-order valence-electron chi connectivity index (χ1n) is 6.24. The van der Waals surface area contributed by atoms with Crippen molar-refractivity contribution < 1.29 is 4.74 Å². The number of nitrogens with zero attached hydrogens (tertiary/aromatic N) is 2. The summed E-state index contributed by atoms with van der Waals surface area (Å²) in [4.78, 5) is 7.68. The molecule has 2 aromatic heterocycles. The minimum atomic E-state index is -0.310. The van der Waals surface area contributed by atoms with Gasteiger partial charge in [0.2, 0.25) is 0 Å². The van der Waals surface area contributed by atoms with Crippen LogP contribution in [-0.4, -0.2) is 21.6 Å². The van der Waals surface area contributed by atoms with Crippen molar-refractivity contribution in [1.29, 1.82) is 0 Å². The molecule has 0 saturated heterocycles. The molecule has 0 unspecified atom stereocenters. The zero-order valence-corrected chi connectivity index (χ0v) is 13.1.